The molecule has 0 amide bonds. The lowest BCUT2D eigenvalue weighted by molar-refractivity contribution is -0.00501. The van der Waals surface area contributed by atoms with E-state index >= 15 is 0 Å². The van der Waals surface area contributed by atoms with E-state index in [0.717, 1.165) is 47.3 Å². The van der Waals surface area contributed by atoms with E-state index in [9.17, 15) is 0 Å². The second-order valence-corrected chi connectivity index (χ2v) is 8.93. The van der Waals surface area contributed by atoms with E-state index in [0.29, 0.717) is 12.1 Å². The monoisotopic (exact) mass is 290 g/mol. The summed E-state index contributed by atoms with van der Waals surface area (Å²) in [6.45, 7) is 0. The van der Waals surface area contributed by atoms with Crippen molar-refractivity contribution in [2.75, 3.05) is 0 Å². The molecule has 4 fully saturated rings. The standard InChI is InChI=1S/C20H22N2/c1-2-4-12-11(3-1)13-8-14(12)18-17(13)19-15-9-5-6-10(7-9)16(15)20(18)22-21-19/h1-4,9-10,13-20H,5-8H2/t9-,10+,13-,14+,15+,16-,17-,18+,19+,20-. The van der Waals surface area contributed by atoms with Gasteiger partial charge in [0.15, 0.2) is 0 Å². The van der Waals surface area contributed by atoms with Crippen LogP contribution in [0.5, 0.6) is 0 Å². The molecule has 0 spiro atoms. The van der Waals surface area contributed by atoms with Crippen LogP contribution in [0.25, 0.3) is 0 Å². The summed E-state index contributed by atoms with van der Waals surface area (Å²) in [5.74, 6) is 7.10. The summed E-state index contributed by atoms with van der Waals surface area (Å²) in [6, 6.07) is 10.5. The molecular weight excluding hydrogens is 268 g/mol. The molecule has 1 aromatic rings. The van der Waals surface area contributed by atoms with Gasteiger partial charge in [-0.05, 0) is 84.2 Å². The molecule has 22 heavy (non-hydrogen) atoms. The first kappa shape index (κ1) is 11.4. The Morgan fingerprint density at radius 3 is 1.77 bits per heavy atom. The van der Waals surface area contributed by atoms with Crippen molar-refractivity contribution in [2.24, 2.45) is 45.7 Å². The lowest BCUT2D eigenvalue weighted by atomic mass is 9.54. The fourth-order valence-corrected chi connectivity index (χ4v) is 8.28. The Labute approximate surface area is 131 Å². The van der Waals surface area contributed by atoms with E-state index in [-0.39, 0.29) is 0 Å². The number of hydrogen-bond acceptors (Lipinski definition) is 2. The smallest absolute Gasteiger partial charge is 0.0780 e. The van der Waals surface area contributed by atoms with E-state index in [1.807, 2.05) is 0 Å². The first-order valence-electron chi connectivity index (χ1n) is 9.40. The Bertz CT molecular complexity index is 652. The average Bonchev–Trinajstić information content (AvgIpc) is 3.34. The van der Waals surface area contributed by atoms with Crippen LogP contribution in [0.4, 0.5) is 0 Å². The van der Waals surface area contributed by atoms with Gasteiger partial charge in [-0.25, -0.2) is 0 Å². The molecule has 112 valence electrons. The molecule has 2 heteroatoms. The minimum atomic E-state index is 0.582. The van der Waals surface area contributed by atoms with Gasteiger partial charge >= 0.3 is 0 Å². The summed E-state index contributed by atoms with van der Waals surface area (Å²) >= 11 is 0. The third-order valence-electron chi connectivity index (χ3n) is 8.63. The van der Waals surface area contributed by atoms with Crippen molar-refractivity contribution < 1.29 is 0 Å². The molecule has 0 aromatic heterocycles. The SMILES string of the molecule is c1ccc2c(c1)[C@H]1C[C@@H]2[C@@H]2[C@@H]3N=N[C@@H]([C@H]4[C@@H]5CC[C@@H](C5)[C@@H]34)[C@@H]21. The summed E-state index contributed by atoms with van der Waals surface area (Å²) in [5.41, 5.74) is 3.35. The van der Waals surface area contributed by atoms with Crippen molar-refractivity contribution >= 4 is 0 Å². The highest BCUT2D eigenvalue weighted by Gasteiger charge is 2.68. The normalized spacial score (nSPS) is 58.0. The van der Waals surface area contributed by atoms with Crippen LogP contribution in [0.1, 0.15) is 48.6 Å². The third-order valence-corrected chi connectivity index (χ3v) is 8.63. The number of hydrogen-bond donors (Lipinski definition) is 0. The third kappa shape index (κ3) is 1.04. The van der Waals surface area contributed by atoms with Crippen molar-refractivity contribution in [3.8, 4) is 0 Å². The number of fused-ring (bicyclic) bond motifs is 7. The zero-order chi connectivity index (χ0) is 14.0. The maximum absolute atomic E-state index is 4.92. The van der Waals surface area contributed by atoms with Crippen molar-refractivity contribution in [1.82, 2.24) is 0 Å². The maximum atomic E-state index is 4.92. The Balaban J connectivity index is 1.41. The lowest BCUT2D eigenvalue weighted by Crippen LogP contribution is -2.56. The van der Waals surface area contributed by atoms with E-state index in [2.05, 4.69) is 24.3 Å². The fraction of sp³-hybridized carbons (Fsp3) is 0.700. The summed E-state index contributed by atoms with van der Waals surface area (Å²) < 4.78 is 0. The number of rotatable bonds is 0. The fourth-order valence-electron chi connectivity index (χ4n) is 8.28. The molecule has 0 unspecified atom stereocenters. The van der Waals surface area contributed by atoms with Crippen LogP contribution in [0.3, 0.4) is 0 Å². The van der Waals surface area contributed by atoms with Crippen molar-refractivity contribution in [3.05, 3.63) is 35.4 Å². The van der Waals surface area contributed by atoms with Gasteiger partial charge in [-0.3, -0.25) is 0 Å². The van der Waals surface area contributed by atoms with Crippen LogP contribution in [0.2, 0.25) is 0 Å². The average molecular weight is 290 g/mol. The van der Waals surface area contributed by atoms with Gasteiger partial charge in [-0.15, -0.1) is 0 Å². The predicted molar refractivity (Wildman–Crippen MR) is 83.8 cm³/mol. The molecule has 10 atom stereocenters. The molecule has 2 nitrogen and oxygen atoms in total. The molecule has 6 bridgehead atoms. The van der Waals surface area contributed by atoms with Gasteiger partial charge < -0.3 is 0 Å². The molecule has 4 saturated carbocycles. The van der Waals surface area contributed by atoms with Crippen molar-refractivity contribution in [3.63, 3.8) is 0 Å². The lowest BCUT2D eigenvalue weighted by Gasteiger charge is -2.54. The van der Waals surface area contributed by atoms with Gasteiger partial charge in [0.25, 0.3) is 0 Å². The zero-order valence-corrected chi connectivity index (χ0v) is 12.8. The molecule has 0 saturated heterocycles. The summed E-state index contributed by atoms with van der Waals surface area (Å²) in [7, 11) is 0. The molecule has 7 aliphatic rings. The number of azo groups is 1. The quantitative estimate of drug-likeness (QED) is 0.677. The Morgan fingerprint density at radius 1 is 0.682 bits per heavy atom. The van der Waals surface area contributed by atoms with E-state index < -0.39 is 0 Å². The predicted octanol–water partition coefficient (Wildman–Crippen LogP) is 4.38. The van der Waals surface area contributed by atoms with Crippen molar-refractivity contribution in [2.45, 2.75) is 49.6 Å². The van der Waals surface area contributed by atoms with Gasteiger partial charge in [0.05, 0.1) is 12.1 Å². The summed E-state index contributed by atoms with van der Waals surface area (Å²) in [5, 5.41) is 9.84. The molecular formula is C20H22N2. The molecule has 5 aliphatic carbocycles. The highest BCUT2D eigenvalue weighted by Crippen LogP contribution is 2.71. The van der Waals surface area contributed by atoms with Crippen LogP contribution in [-0.4, -0.2) is 12.1 Å². The highest BCUT2D eigenvalue weighted by atomic mass is 15.2. The van der Waals surface area contributed by atoms with E-state index in [1.54, 1.807) is 11.1 Å². The zero-order valence-electron chi connectivity index (χ0n) is 12.8. The Morgan fingerprint density at radius 2 is 1.23 bits per heavy atom. The summed E-state index contributed by atoms with van der Waals surface area (Å²) in [4.78, 5) is 0. The van der Waals surface area contributed by atoms with Crippen LogP contribution < -0.4 is 0 Å². The van der Waals surface area contributed by atoms with E-state index in [1.165, 1.54) is 25.7 Å². The van der Waals surface area contributed by atoms with Crippen LogP contribution in [0, 0.1) is 35.5 Å². The van der Waals surface area contributed by atoms with Crippen LogP contribution in [0.15, 0.2) is 34.5 Å². The highest BCUT2D eigenvalue weighted by molar-refractivity contribution is 5.45. The van der Waals surface area contributed by atoms with Gasteiger partial charge in [-0.2, -0.15) is 10.2 Å². The van der Waals surface area contributed by atoms with Gasteiger partial charge in [0.1, 0.15) is 0 Å². The van der Waals surface area contributed by atoms with Gasteiger partial charge in [-0.1, -0.05) is 24.3 Å². The number of nitrogens with zero attached hydrogens (tertiary/aromatic N) is 2. The molecule has 8 rings (SSSR count). The largest absolute Gasteiger partial charge is 0.190 e. The molecule has 2 aliphatic heterocycles. The second-order valence-electron chi connectivity index (χ2n) is 8.93. The topological polar surface area (TPSA) is 24.7 Å². The minimum absolute atomic E-state index is 0.582. The summed E-state index contributed by atoms with van der Waals surface area (Å²) in [6.07, 6.45) is 5.90. The Hall–Kier alpha value is -1.18. The molecule has 0 radical (unpaired) electrons. The Kier molecular flexibility index (Phi) is 1.81. The first-order valence-corrected chi connectivity index (χ1v) is 9.40. The molecule has 2 heterocycles. The molecule has 1 aromatic carbocycles. The van der Waals surface area contributed by atoms with Crippen LogP contribution >= 0.6 is 0 Å². The van der Waals surface area contributed by atoms with Gasteiger partial charge in [0, 0.05) is 0 Å². The van der Waals surface area contributed by atoms with E-state index in [4.69, 9.17) is 10.2 Å². The number of benzene rings is 1. The molecule has 0 N–H and O–H groups in total. The maximum Gasteiger partial charge on any atom is 0.0780 e. The minimum Gasteiger partial charge on any atom is -0.190 e. The van der Waals surface area contributed by atoms with Crippen LogP contribution in [-0.2, 0) is 0 Å². The van der Waals surface area contributed by atoms with Crippen molar-refractivity contribution in [1.29, 1.82) is 0 Å². The second kappa shape index (κ2) is 3.49. The first-order chi connectivity index (χ1) is 10.9. The van der Waals surface area contributed by atoms with Gasteiger partial charge in [0.2, 0.25) is 0 Å².